The minimum absolute atomic E-state index is 0.317. The van der Waals surface area contributed by atoms with Crippen molar-refractivity contribution in [1.29, 1.82) is 0 Å². The van der Waals surface area contributed by atoms with E-state index in [0.717, 1.165) is 58.7 Å². The second kappa shape index (κ2) is 5.25. The van der Waals surface area contributed by atoms with Crippen LogP contribution in [0.3, 0.4) is 0 Å². The van der Waals surface area contributed by atoms with Crippen LogP contribution in [0.5, 0.6) is 0 Å². The van der Waals surface area contributed by atoms with Crippen LogP contribution in [-0.4, -0.2) is 55.1 Å². The summed E-state index contributed by atoms with van der Waals surface area (Å²) in [5, 5.41) is 12.3. The highest BCUT2D eigenvalue weighted by Crippen LogP contribution is 2.30. The first-order valence-corrected chi connectivity index (χ1v) is 6.02. The molecule has 0 aromatic heterocycles. The van der Waals surface area contributed by atoms with Gasteiger partial charge >= 0.3 is 0 Å². The van der Waals surface area contributed by atoms with E-state index in [1.165, 1.54) is 0 Å². The first-order chi connectivity index (χ1) is 7.37. The molecule has 88 valence electrons. The van der Waals surface area contributed by atoms with E-state index in [9.17, 15) is 0 Å². The zero-order chi connectivity index (χ0) is 10.6. The minimum atomic E-state index is 0.317. The molecule has 2 aliphatic rings. The van der Waals surface area contributed by atoms with E-state index >= 15 is 0 Å². The molecule has 0 bridgehead atoms. The predicted molar refractivity (Wildman–Crippen MR) is 58.7 cm³/mol. The SMILES string of the molecule is OCCCCN1CNCC12CCOCC2. The zero-order valence-electron chi connectivity index (χ0n) is 9.37. The number of nitrogens with one attached hydrogen (secondary N) is 1. The Morgan fingerprint density at radius 1 is 1.27 bits per heavy atom. The molecule has 4 heteroatoms. The number of nitrogens with zero attached hydrogens (tertiary/aromatic N) is 1. The highest BCUT2D eigenvalue weighted by atomic mass is 16.5. The van der Waals surface area contributed by atoms with E-state index < -0.39 is 0 Å². The lowest BCUT2D eigenvalue weighted by atomic mass is 9.89. The van der Waals surface area contributed by atoms with Crippen molar-refractivity contribution in [2.45, 2.75) is 31.2 Å². The lowest BCUT2D eigenvalue weighted by Gasteiger charge is -2.40. The summed E-state index contributed by atoms with van der Waals surface area (Å²) in [5.41, 5.74) is 0.355. The summed E-state index contributed by atoms with van der Waals surface area (Å²) in [6.07, 6.45) is 4.32. The normalized spacial score (nSPS) is 26.2. The van der Waals surface area contributed by atoms with Gasteiger partial charge in [0, 0.05) is 45.1 Å². The smallest absolute Gasteiger partial charge is 0.0486 e. The van der Waals surface area contributed by atoms with Gasteiger partial charge in [0.15, 0.2) is 0 Å². The number of rotatable bonds is 4. The Morgan fingerprint density at radius 2 is 2.07 bits per heavy atom. The molecule has 0 amide bonds. The molecule has 0 aromatic rings. The molecular weight excluding hydrogens is 192 g/mol. The summed E-state index contributed by atoms with van der Waals surface area (Å²) in [6, 6.07) is 0. The summed E-state index contributed by atoms with van der Waals surface area (Å²) in [4.78, 5) is 2.55. The number of hydrogen-bond donors (Lipinski definition) is 2. The van der Waals surface area contributed by atoms with Crippen molar-refractivity contribution < 1.29 is 9.84 Å². The van der Waals surface area contributed by atoms with Gasteiger partial charge in [0.2, 0.25) is 0 Å². The Bertz CT molecular complexity index is 193. The third-order valence-corrected chi connectivity index (χ3v) is 3.69. The van der Waals surface area contributed by atoms with E-state index in [-0.39, 0.29) is 0 Å². The van der Waals surface area contributed by atoms with Gasteiger partial charge in [0.25, 0.3) is 0 Å². The number of unbranched alkanes of at least 4 members (excludes halogenated alkanes) is 1. The van der Waals surface area contributed by atoms with Crippen LogP contribution in [0.1, 0.15) is 25.7 Å². The number of hydrogen-bond acceptors (Lipinski definition) is 4. The van der Waals surface area contributed by atoms with Crippen molar-refractivity contribution >= 4 is 0 Å². The van der Waals surface area contributed by atoms with Gasteiger partial charge < -0.3 is 15.2 Å². The van der Waals surface area contributed by atoms with E-state index in [4.69, 9.17) is 9.84 Å². The topological polar surface area (TPSA) is 44.7 Å². The molecule has 0 aromatic carbocycles. The third-order valence-electron chi connectivity index (χ3n) is 3.69. The number of ether oxygens (including phenoxy) is 1. The van der Waals surface area contributed by atoms with Gasteiger partial charge in [-0.2, -0.15) is 0 Å². The van der Waals surface area contributed by atoms with Crippen LogP contribution in [0.2, 0.25) is 0 Å². The van der Waals surface area contributed by atoms with E-state index in [2.05, 4.69) is 10.2 Å². The maximum atomic E-state index is 8.79. The van der Waals surface area contributed by atoms with E-state index in [1.54, 1.807) is 0 Å². The zero-order valence-corrected chi connectivity index (χ0v) is 9.37. The summed E-state index contributed by atoms with van der Waals surface area (Å²) in [5.74, 6) is 0. The van der Waals surface area contributed by atoms with Gasteiger partial charge in [-0.15, -0.1) is 0 Å². The fraction of sp³-hybridized carbons (Fsp3) is 1.00. The lowest BCUT2D eigenvalue weighted by molar-refractivity contribution is -0.00298. The summed E-state index contributed by atoms with van der Waals surface area (Å²) in [7, 11) is 0. The molecule has 1 spiro atoms. The van der Waals surface area contributed by atoms with Crippen LogP contribution in [0.25, 0.3) is 0 Å². The second-order valence-corrected chi connectivity index (χ2v) is 4.62. The molecule has 0 saturated carbocycles. The third kappa shape index (κ3) is 2.50. The Balaban J connectivity index is 1.85. The van der Waals surface area contributed by atoms with E-state index in [0.29, 0.717) is 12.1 Å². The molecule has 15 heavy (non-hydrogen) atoms. The van der Waals surface area contributed by atoms with Crippen molar-refractivity contribution in [1.82, 2.24) is 10.2 Å². The molecule has 2 heterocycles. The first-order valence-electron chi connectivity index (χ1n) is 6.02. The van der Waals surface area contributed by atoms with Gasteiger partial charge in [-0.3, -0.25) is 4.90 Å². The van der Waals surface area contributed by atoms with Crippen molar-refractivity contribution in [3.05, 3.63) is 0 Å². The average Bonchev–Trinajstić information content (AvgIpc) is 2.63. The van der Waals surface area contributed by atoms with Gasteiger partial charge in [-0.25, -0.2) is 0 Å². The number of aliphatic hydroxyl groups excluding tert-OH is 1. The quantitative estimate of drug-likeness (QED) is 0.655. The van der Waals surface area contributed by atoms with Crippen LogP contribution in [-0.2, 0) is 4.74 Å². The monoisotopic (exact) mass is 214 g/mol. The predicted octanol–water partition coefficient (Wildman–Crippen LogP) is 0.171. The molecule has 4 nitrogen and oxygen atoms in total. The molecule has 2 fully saturated rings. The largest absolute Gasteiger partial charge is 0.396 e. The molecule has 2 rings (SSSR count). The summed E-state index contributed by atoms with van der Waals surface area (Å²) >= 11 is 0. The maximum absolute atomic E-state index is 8.79. The van der Waals surface area contributed by atoms with Gasteiger partial charge in [0.1, 0.15) is 0 Å². The number of aliphatic hydroxyl groups is 1. The molecule has 0 atom stereocenters. The fourth-order valence-electron chi connectivity index (χ4n) is 2.68. The van der Waals surface area contributed by atoms with Crippen LogP contribution in [0, 0.1) is 0 Å². The molecule has 2 N–H and O–H groups in total. The Hall–Kier alpha value is -0.160. The van der Waals surface area contributed by atoms with Gasteiger partial charge in [-0.1, -0.05) is 0 Å². The molecule has 0 unspecified atom stereocenters. The van der Waals surface area contributed by atoms with Crippen molar-refractivity contribution in [2.24, 2.45) is 0 Å². The van der Waals surface area contributed by atoms with Gasteiger partial charge in [0.05, 0.1) is 0 Å². The Labute approximate surface area is 91.6 Å². The molecule has 0 radical (unpaired) electrons. The first kappa shape index (κ1) is 11.3. The highest BCUT2D eigenvalue weighted by Gasteiger charge is 2.41. The molecule has 0 aliphatic carbocycles. The summed E-state index contributed by atoms with van der Waals surface area (Å²) < 4.78 is 5.44. The van der Waals surface area contributed by atoms with Crippen molar-refractivity contribution in [3.63, 3.8) is 0 Å². The Morgan fingerprint density at radius 3 is 2.80 bits per heavy atom. The molecular formula is C11H22N2O2. The highest BCUT2D eigenvalue weighted by molar-refractivity contribution is 4.98. The van der Waals surface area contributed by atoms with Crippen molar-refractivity contribution in [2.75, 3.05) is 39.6 Å². The van der Waals surface area contributed by atoms with Crippen LogP contribution < -0.4 is 5.32 Å². The fourth-order valence-corrected chi connectivity index (χ4v) is 2.68. The summed E-state index contributed by atoms with van der Waals surface area (Å²) in [6.45, 7) is 5.34. The molecule has 2 aliphatic heterocycles. The Kier molecular flexibility index (Phi) is 3.97. The minimum Gasteiger partial charge on any atom is -0.396 e. The second-order valence-electron chi connectivity index (χ2n) is 4.62. The lowest BCUT2D eigenvalue weighted by Crippen LogP contribution is -2.50. The standard InChI is InChI=1S/C11H22N2O2/c14-6-2-1-5-13-10-12-9-11(13)3-7-15-8-4-11/h12,14H,1-10H2. The van der Waals surface area contributed by atoms with E-state index in [1.807, 2.05) is 0 Å². The van der Waals surface area contributed by atoms with Crippen LogP contribution in [0.15, 0.2) is 0 Å². The van der Waals surface area contributed by atoms with Gasteiger partial charge in [-0.05, 0) is 25.7 Å². The van der Waals surface area contributed by atoms with Crippen LogP contribution >= 0.6 is 0 Å². The maximum Gasteiger partial charge on any atom is 0.0486 e. The van der Waals surface area contributed by atoms with Crippen LogP contribution in [0.4, 0.5) is 0 Å². The average molecular weight is 214 g/mol. The van der Waals surface area contributed by atoms with Crippen molar-refractivity contribution in [3.8, 4) is 0 Å². The molecule has 2 saturated heterocycles.